The highest BCUT2D eigenvalue weighted by atomic mass is 16.2. The zero-order chi connectivity index (χ0) is 9.31. The smallest absolute Gasteiger partial charge is 0.245 e. The summed E-state index contributed by atoms with van der Waals surface area (Å²) in [4.78, 5) is 13.1. The second-order valence-corrected chi connectivity index (χ2v) is 4.46. The van der Waals surface area contributed by atoms with Gasteiger partial charge in [-0.3, -0.25) is 4.79 Å². The molecular weight excluding hydrogens is 162 g/mol. The van der Waals surface area contributed by atoms with E-state index in [4.69, 9.17) is 0 Å². The summed E-state index contributed by atoms with van der Waals surface area (Å²) in [5.74, 6) is 0.108. The predicted octanol–water partition coefficient (Wildman–Crippen LogP) is 1.97. The lowest BCUT2D eigenvalue weighted by Gasteiger charge is -2.52. The predicted molar refractivity (Wildman–Crippen MR) is 52.3 cm³/mol. The summed E-state index contributed by atoms with van der Waals surface area (Å²) in [6.45, 7) is 5.47. The van der Waals surface area contributed by atoms with Crippen LogP contribution in [0.2, 0.25) is 0 Å². The first-order valence-electron chi connectivity index (χ1n) is 5.17. The Kier molecular flexibility index (Phi) is 2.14. The molecule has 72 valence electrons. The van der Waals surface area contributed by atoms with Crippen molar-refractivity contribution in [2.24, 2.45) is 5.41 Å². The molecule has 13 heavy (non-hydrogen) atoms. The van der Waals surface area contributed by atoms with Crippen molar-refractivity contribution in [2.75, 3.05) is 13.1 Å². The summed E-state index contributed by atoms with van der Waals surface area (Å²) in [6, 6.07) is 0. The molecule has 1 saturated heterocycles. The highest BCUT2D eigenvalue weighted by molar-refractivity contribution is 5.87. The normalized spacial score (nSPS) is 25.4. The molecule has 0 aromatic carbocycles. The molecule has 0 unspecified atom stereocenters. The fourth-order valence-corrected chi connectivity index (χ4v) is 2.67. The molecule has 0 bridgehead atoms. The van der Waals surface area contributed by atoms with Crippen molar-refractivity contribution < 1.29 is 4.79 Å². The molecule has 0 aromatic rings. The second-order valence-electron chi connectivity index (χ2n) is 4.46. The van der Waals surface area contributed by atoms with Crippen molar-refractivity contribution in [3.63, 3.8) is 0 Å². The van der Waals surface area contributed by atoms with Gasteiger partial charge in [0, 0.05) is 18.5 Å². The van der Waals surface area contributed by atoms with Crippen LogP contribution in [0.4, 0.5) is 0 Å². The molecule has 2 heteroatoms. The molecule has 1 aliphatic carbocycles. The van der Waals surface area contributed by atoms with E-state index >= 15 is 0 Å². The third-order valence-corrected chi connectivity index (χ3v) is 3.45. The Labute approximate surface area is 79.6 Å². The van der Waals surface area contributed by atoms with Crippen LogP contribution in [0, 0.1) is 5.41 Å². The molecule has 2 nitrogen and oxygen atoms in total. The first kappa shape index (κ1) is 8.79. The molecule has 0 N–H and O–H groups in total. The van der Waals surface area contributed by atoms with E-state index in [1.807, 2.05) is 4.90 Å². The summed E-state index contributed by atoms with van der Waals surface area (Å²) < 4.78 is 0. The molecule has 0 aromatic heterocycles. The van der Waals surface area contributed by atoms with Crippen molar-refractivity contribution in [1.82, 2.24) is 4.90 Å². The summed E-state index contributed by atoms with van der Waals surface area (Å²) in [6.07, 6.45) is 8.18. The van der Waals surface area contributed by atoms with Crippen molar-refractivity contribution in [3.8, 4) is 0 Å². The number of nitrogens with zero attached hydrogens (tertiary/aromatic N) is 1. The molecule has 2 fully saturated rings. The van der Waals surface area contributed by atoms with E-state index in [0.717, 1.165) is 13.1 Å². The lowest BCUT2D eigenvalue weighted by molar-refractivity contribution is -0.140. The molecule has 1 saturated carbocycles. The molecule has 1 aliphatic heterocycles. The van der Waals surface area contributed by atoms with Crippen LogP contribution in [0.5, 0.6) is 0 Å². The Morgan fingerprint density at radius 2 is 1.85 bits per heavy atom. The van der Waals surface area contributed by atoms with Gasteiger partial charge in [-0.05, 0) is 18.9 Å². The maximum Gasteiger partial charge on any atom is 0.245 e. The molecule has 1 amide bonds. The highest BCUT2D eigenvalue weighted by Gasteiger charge is 2.44. The van der Waals surface area contributed by atoms with E-state index in [1.165, 1.54) is 38.2 Å². The molecule has 0 atom stereocenters. The number of carbonyl (C=O) groups excluding carboxylic acids is 1. The minimum absolute atomic E-state index is 0.108. The number of rotatable bonds is 1. The average Bonchev–Trinajstić information content (AvgIpc) is 2.14. The van der Waals surface area contributed by atoms with Crippen molar-refractivity contribution in [1.29, 1.82) is 0 Å². The average molecular weight is 179 g/mol. The minimum Gasteiger partial charge on any atom is -0.338 e. The van der Waals surface area contributed by atoms with Gasteiger partial charge in [0.25, 0.3) is 0 Å². The van der Waals surface area contributed by atoms with E-state index in [9.17, 15) is 4.79 Å². The Bertz CT molecular complexity index is 220. The quantitative estimate of drug-likeness (QED) is 0.563. The maximum absolute atomic E-state index is 11.2. The van der Waals surface area contributed by atoms with Gasteiger partial charge >= 0.3 is 0 Å². The van der Waals surface area contributed by atoms with Gasteiger partial charge in [-0.15, -0.1) is 0 Å². The van der Waals surface area contributed by atoms with Gasteiger partial charge in [0.05, 0.1) is 0 Å². The van der Waals surface area contributed by atoms with Crippen LogP contribution in [0.25, 0.3) is 0 Å². The Morgan fingerprint density at radius 3 is 2.38 bits per heavy atom. The summed E-state index contributed by atoms with van der Waals surface area (Å²) in [7, 11) is 0. The van der Waals surface area contributed by atoms with Crippen molar-refractivity contribution in [3.05, 3.63) is 12.7 Å². The molecular formula is C11H17NO. The monoisotopic (exact) mass is 179 g/mol. The topological polar surface area (TPSA) is 20.3 Å². The first-order valence-corrected chi connectivity index (χ1v) is 5.17. The van der Waals surface area contributed by atoms with Gasteiger partial charge in [-0.25, -0.2) is 0 Å². The van der Waals surface area contributed by atoms with E-state index in [0.29, 0.717) is 5.41 Å². The lowest BCUT2D eigenvalue weighted by atomic mass is 9.68. The van der Waals surface area contributed by atoms with Crippen molar-refractivity contribution >= 4 is 5.91 Å². The zero-order valence-corrected chi connectivity index (χ0v) is 8.09. The number of carbonyl (C=O) groups is 1. The van der Waals surface area contributed by atoms with Crippen LogP contribution in [-0.4, -0.2) is 23.9 Å². The summed E-state index contributed by atoms with van der Waals surface area (Å²) in [5.41, 5.74) is 0.511. The molecule has 2 aliphatic rings. The standard InChI is InChI=1S/C11H17NO/c1-2-10(13)12-8-11(9-12)6-4-3-5-7-11/h2H,1,3-9H2. The fourth-order valence-electron chi connectivity index (χ4n) is 2.67. The third-order valence-electron chi connectivity index (χ3n) is 3.45. The van der Waals surface area contributed by atoms with E-state index in [1.54, 1.807) is 0 Å². The highest BCUT2D eigenvalue weighted by Crippen LogP contribution is 2.43. The van der Waals surface area contributed by atoms with Gasteiger partial charge in [0.2, 0.25) is 5.91 Å². The Morgan fingerprint density at radius 1 is 1.23 bits per heavy atom. The fraction of sp³-hybridized carbons (Fsp3) is 0.727. The number of likely N-dealkylation sites (tertiary alicyclic amines) is 1. The van der Waals surface area contributed by atoms with Crippen LogP contribution in [-0.2, 0) is 4.79 Å². The summed E-state index contributed by atoms with van der Waals surface area (Å²) >= 11 is 0. The van der Waals surface area contributed by atoms with Gasteiger partial charge < -0.3 is 4.90 Å². The van der Waals surface area contributed by atoms with Gasteiger partial charge in [-0.1, -0.05) is 25.8 Å². The van der Waals surface area contributed by atoms with Crippen LogP contribution < -0.4 is 0 Å². The SMILES string of the molecule is C=CC(=O)N1CC2(CCCCC2)C1. The molecule has 1 heterocycles. The van der Waals surface area contributed by atoms with Gasteiger partial charge in [0.15, 0.2) is 0 Å². The Balaban J connectivity index is 1.88. The number of amides is 1. The van der Waals surface area contributed by atoms with E-state index in [-0.39, 0.29) is 5.91 Å². The molecule has 0 radical (unpaired) electrons. The maximum atomic E-state index is 11.2. The first-order chi connectivity index (χ1) is 6.26. The summed E-state index contributed by atoms with van der Waals surface area (Å²) in [5, 5.41) is 0. The molecule has 2 rings (SSSR count). The van der Waals surface area contributed by atoms with Crippen LogP contribution in [0.15, 0.2) is 12.7 Å². The van der Waals surface area contributed by atoms with Gasteiger partial charge in [-0.2, -0.15) is 0 Å². The number of hydrogen-bond acceptors (Lipinski definition) is 1. The Hall–Kier alpha value is -0.790. The minimum atomic E-state index is 0.108. The van der Waals surface area contributed by atoms with Gasteiger partial charge in [0.1, 0.15) is 0 Å². The third kappa shape index (κ3) is 1.50. The lowest BCUT2D eigenvalue weighted by Crippen LogP contribution is -2.58. The van der Waals surface area contributed by atoms with Crippen LogP contribution in [0.3, 0.4) is 0 Å². The van der Waals surface area contributed by atoms with Crippen LogP contribution >= 0.6 is 0 Å². The van der Waals surface area contributed by atoms with Crippen LogP contribution in [0.1, 0.15) is 32.1 Å². The number of hydrogen-bond donors (Lipinski definition) is 0. The molecule has 1 spiro atoms. The zero-order valence-electron chi connectivity index (χ0n) is 8.09. The van der Waals surface area contributed by atoms with E-state index in [2.05, 4.69) is 6.58 Å². The van der Waals surface area contributed by atoms with E-state index < -0.39 is 0 Å². The second kappa shape index (κ2) is 3.17. The largest absolute Gasteiger partial charge is 0.338 e. The van der Waals surface area contributed by atoms with Crippen molar-refractivity contribution in [2.45, 2.75) is 32.1 Å².